The largest absolute Gasteiger partial charge is 0.469 e. The van der Waals surface area contributed by atoms with Gasteiger partial charge in [-0.25, -0.2) is 0 Å². The van der Waals surface area contributed by atoms with Crippen molar-refractivity contribution in [2.75, 3.05) is 19.4 Å². The number of unbranched alkanes of at least 4 members (excludes halogenated alkanes) is 2. The molecule has 0 aliphatic rings. The number of rotatable bonds is 7. The smallest absolute Gasteiger partial charge is 0.305 e. The maximum Gasteiger partial charge on any atom is 0.305 e. The molecule has 0 fully saturated rings. The van der Waals surface area contributed by atoms with Gasteiger partial charge in [-0.1, -0.05) is 18.1 Å². The zero-order valence-electron chi connectivity index (χ0n) is 12.1. The summed E-state index contributed by atoms with van der Waals surface area (Å²) in [5.41, 5.74) is 7.78. The fourth-order valence-electron chi connectivity index (χ4n) is 1.84. The lowest BCUT2D eigenvalue weighted by atomic mass is 10.1. The zero-order chi connectivity index (χ0) is 15.0. The van der Waals surface area contributed by atoms with Crippen molar-refractivity contribution < 1.29 is 14.3 Å². The molecule has 0 radical (unpaired) electrons. The van der Waals surface area contributed by atoms with Crippen LogP contribution in [-0.4, -0.2) is 25.5 Å². The lowest BCUT2D eigenvalue weighted by Gasteiger charge is -2.08. The first kappa shape index (κ1) is 16.0. The molecule has 0 aliphatic heterocycles. The van der Waals surface area contributed by atoms with E-state index in [4.69, 9.17) is 5.73 Å². The minimum Gasteiger partial charge on any atom is -0.469 e. The lowest BCUT2D eigenvalue weighted by Crippen LogP contribution is -2.25. The van der Waals surface area contributed by atoms with Crippen molar-refractivity contribution in [3.8, 4) is 0 Å². The second kappa shape index (κ2) is 8.19. The van der Waals surface area contributed by atoms with E-state index in [1.807, 2.05) is 13.0 Å². The Hall–Kier alpha value is -2.04. The summed E-state index contributed by atoms with van der Waals surface area (Å²) >= 11 is 0. The first-order valence-corrected chi connectivity index (χ1v) is 6.75. The zero-order valence-corrected chi connectivity index (χ0v) is 12.1. The van der Waals surface area contributed by atoms with Crippen LogP contribution in [0.1, 0.15) is 41.6 Å². The van der Waals surface area contributed by atoms with Crippen LogP contribution in [0.3, 0.4) is 0 Å². The Bertz CT molecular complexity index is 472. The molecule has 1 aromatic carbocycles. The number of aryl methyl sites for hydroxylation is 1. The number of anilines is 1. The summed E-state index contributed by atoms with van der Waals surface area (Å²) in [4.78, 5) is 22.8. The molecular weight excluding hydrogens is 256 g/mol. The third kappa shape index (κ3) is 5.30. The molecule has 0 heterocycles. The van der Waals surface area contributed by atoms with Crippen molar-refractivity contribution in [1.29, 1.82) is 0 Å². The summed E-state index contributed by atoms with van der Waals surface area (Å²) in [6.45, 7) is 2.50. The number of ether oxygens (including phenoxy) is 1. The standard InChI is InChI=1S/C15H22N2O3/c1-11-7-8-13(16)12(10-11)15(19)17-9-5-3-4-6-14(18)20-2/h7-8,10H,3-6,9,16H2,1-2H3,(H,17,19). The Labute approximate surface area is 119 Å². The number of methoxy groups -OCH3 is 1. The number of carbonyl (C=O) groups excluding carboxylic acids is 2. The molecular formula is C15H22N2O3. The van der Waals surface area contributed by atoms with Crippen LogP contribution >= 0.6 is 0 Å². The lowest BCUT2D eigenvalue weighted by molar-refractivity contribution is -0.140. The van der Waals surface area contributed by atoms with Gasteiger partial charge in [-0.05, 0) is 31.9 Å². The van der Waals surface area contributed by atoms with Gasteiger partial charge in [-0.2, -0.15) is 0 Å². The highest BCUT2D eigenvalue weighted by Gasteiger charge is 2.09. The maximum atomic E-state index is 11.9. The Kier molecular flexibility index (Phi) is 6.56. The third-order valence-corrected chi connectivity index (χ3v) is 3.02. The van der Waals surface area contributed by atoms with Gasteiger partial charge >= 0.3 is 5.97 Å². The molecule has 5 heteroatoms. The molecule has 0 bridgehead atoms. The van der Waals surface area contributed by atoms with Crippen LogP contribution in [0.15, 0.2) is 18.2 Å². The van der Waals surface area contributed by atoms with Crippen LogP contribution in [0.2, 0.25) is 0 Å². The van der Waals surface area contributed by atoms with Crippen molar-refractivity contribution in [2.24, 2.45) is 0 Å². The number of hydrogen-bond donors (Lipinski definition) is 2. The molecule has 1 rings (SSSR count). The fourth-order valence-corrected chi connectivity index (χ4v) is 1.84. The predicted molar refractivity (Wildman–Crippen MR) is 78.4 cm³/mol. The van der Waals surface area contributed by atoms with Crippen LogP contribution in [0.25, 0.3) is 0 Å². The van der Waals surface area contributed by atoms with Crippen molar-refractivity contribution in [3.63, 3.8) is 0 Å². The molecule has 3 N–H and O–H groups in total. The molecule has 110 valence electrons. The number of amides is 1. The number of hydrogen-bond acceptors (Lipinski definition) is 4. The van der Waals surface area contributed by atoms with E-state index in [0.29, 0.717) is 24.2 Å². The van der Waals surface area contributed by atoms with E-state index in [9.17, 15) is 9.59 Å². The second-order valence-corrected chi connectivity index (χ2v) is 4.73. The van der Waals surface area contributed by atoms with Crippen molar-refractivity contribution in [1.82, 2.24) is 5.32 Å². The van der Waals surface area contributed by atoms with Crippen LogP contribution < -0.4 is 11.1 Å². The number of carbonyl (C=O) groups is 2. The van der Waals surface area contributed by atoms with Gasteiger partial charge in [0.15, 0.2) is 0 Å². The maximum absolute atomic E-state index is 11.9. The number of nitrogen functional groups attached to an aromatic ring is 1. The van der Waals surface area contributed by atoms with E-state index in [1.165, 1.54) is 7.11 Å². The van der Waals surface area contributed by atoms with Crippen LogP contribution in [0.5, 0.6) is 0 Å². The number of benzene rings is 1. The van der Waals surface area contributed by atoms with Crippen molar-refractivity contribution >= 4 is 17.6 Å². The highest BCUT2D eigenvalue weighted by atomic mass is 16.5. The number of nitrogens with two attached hydrogens (primary N) is 1. The first-order valence-electron chi connectivity index (χ1n) is 6.75. The van der Waals surface area contributed by atoms with Gasteiger partial charge in [0.25, 0.3) is 5.91 Å². The van der Waals surface area contributed by atoms with Gasteiger partial charge in [0, 0.05) is 18.7 Å². The average molecular weight is 278 g/mol. The highest BCUT2D eigenvalue weighted by molar-refractivity contribution is 5.99. The highest BCUT2D eigenvalue weighted by Crippen LogP contribution is 2.13. The fraction of sp³-hybridized carbons (Fsp3) is 0.467. The van der Waals surface area contributed by atoms with Crippen molar-refractivity contribution in [3.05, 3.63) is 29.3 Å². The quantitative estimate of drug-likeness (QED) is 0.454. The van der Waals surface area contributed by atoms with Gasteiger partial charge in [0.1, 0.15) is 0 Å². The summed E-state index contributed by atoms with van der Waals surface area (Å²) in [5.74, 6) is -0.347. The summed E-state index contributed by atoms with van der Waals surface area (Å²) < 4.78 is 4.55. The Morgan fingerprint density at radius 3 is 2.70 bits per heavy atom. The normalized spacial score (nSPS) is 10.1. The third-order valence-electron chi connectivity index (χ3n) is 3.02. The van der Waals surface area contributed by atoms with E-state index in [0.717, 1.165) is 24.8 Å². The van der Waals surface area contributed by atoms with Crippen LogP contribution in [-0.2, 0) is 9.53 Å². The SMILES string of the molecule is COC(=O)CCCCCNC(=O)c1cc(C)ccc1N. The monoisotopic (exact) mass is 278 g/mol. The molecule has 1 aromatic rings. The van der Waals surface area contributed by atoms with E-state index in [2.05, 4.69) is 10.1 Å². The molecule has 5 nitrogen and oxygen atoms in total. The molecule has 0 saturated carbocycles. The van der Waals surface area contributed by atoms with E-state index < -0.39 is 0 Å². The molecule has 1 amide bonds. The molecule has 0 spiro atoms. The van der Waals surface area contributed by atoms with E-state index in [-0.39, 0.29) is 11.9 Å². The number of esters is 1. The Balaban J connectivity index is 2.27. The first-order chi connectivity index (χ1) is 9.54. The molecule has 20 heavy (non-hydrogen) atoms. The van der Waals surface area contributed by atoms with Gasteiger partial charge < -0.3 is 15.8 Å². The minimum atomic E-state index is -0.193. The summed E-state index contributed by atoms with van der Waals surface area (Å²) in [5, 5.41) is 2.83. The summed E-state index contributed by atoms with van der Waals surface area (Å²) in [6, 6.07) is 5.39. The van der Waals surface area contributed by atoms with Gasteiger partial charge in [-0.15, -0.1) is 0 Å². The Morgan fingerprint density at radius 2 is 2.00 bits per heavy atom. The Morgan fingerprint density at radius 1 is 1.25 bits per heavy atom. The summed E-state index contributed by atoms with van der Waals surface area (Å²) in [7, 11) is 1.38. The number of nitrogens with one attached hydrogen (secondary N) is 1. The van der Waals surface area contributed by atoms with Gasteiger partial charge in [0.2, 0.25) is 0 Å². The van der Waals surface area contributed by atoms with Gasteiger partial charge in [-0.3, -0.25) is 9.59 Å². The van der Waals surface area contributed by atoms with E-state index >= 15 is 0 Å². The molecule has 0 atom stereocenters. The van der Waals surface area contributed by atoms with E-state index in [1.54, 1.807) is 12.1 Å². The summed E-state index contributed by atoms with van der Waals surface area (Å²) in [6.07, 6.45) is 2.90. The predicted octanol–water partition coefficient (Wildman–Crippen LogP) is 2.04. The van der Waals surface area contributed by atoms with Crippen molar-refractivity contribution in [2.45, 2.75) is 32.6 Å². The topological polar surface area (TPSA) is 81.4 Å². The molecule has 0 aliphatic carbocycles. The van der Waals surface area contributed by atoms with Crippen LogP contribution in [0.4, 0.5) is 5.69 Å². The van der Waals surface area contributed by atoms with Crippen LogP contribution in [0, 0.1) is 6.92 Å². The minimum absolute atomic E-state index is 0.154. The van der Waals surface area contributed by atoms with Gasteiger partial charge in [0.05, 0.1) is 12.7 Å². The molecule has 0 aromatic heterocycles. The second-order valence-electron chi connectivity index (χ2n) is 4.73. The molecule has 0 unspecified atom stereocenters. The average Bonchev–Trinajstić information content (AvgIpc) is 2.44. The molecule has 0 saturated heterocycles.